The third kappa shape index (κ3) is 6.00. The van der Waals surface area contributed by atoms with E-state index in [9.17, 15) is 0 Å². The van der Waals surface area contributed by atoms with E-state index < -0.39 is 0 Å². The molecule has 2 nitrogen and oxygen atoms in total. The van der Waals surface area contributed by atoms with Gasteiger partial charge in [0.2, 0.25) is 0 Å². The maximum Gasteiger partial charge on any atom is 0.0991 e. The van der Waals surface area contributed by atoms with Crippen LogP contribution in [-0.4, -0.2) is 0 Å². The number of benzene rings is 2. The molecule has 0 bridgehead atoms. The Morgan fingerprint density at radius 3 is 1.84 bits per heavy atom. The predicted molar refractivity (Wildman–Crippen MR) is 99.5 cm³/mol. The van der Waals surface area contributed by atoms with Gasteiger partial charge in [-0.2, -0.15) is 35.9 Å². The molecule has 25 heavy (non-hydrogen) atoms. The van der Waals surface area contributed by atoms with Gasteiger partial charge in [0.15, 0.2) is 0 Å². The topological polar surface area (TPSA) is 18.0 Å². The van der Waals surface area contributed by atoms with Gasteiger partial charge in [-0.15, -0.1) is 0 Å². The molecule has 0 aliphatic heterocycles. The number of aryl methyl sites for hydroxylation is 1. The summed E-state index contributed by atoms with van der Waals surface area (Å²) in [5.74, 6) is 1.04. The molecule has 0 saturated heterocycles. The van der Waals surface area contributed by atoms with Crippen molar-refractivity contribution in [1.29, 1.82) is 0 Å². The minimum absolute atomic E-state index is 0. The zero-order chi connectivity index (χ0) is 17.5. The van der Waals surface area contributed by atoms with Crippen LogP contribution in [-0.2, 0) is 22.4 Å². The smallest absolute Gasteiger partial charge is 0.0991 e. The van der Waals surface area contributed by atoms with Gasteiger partial charge >= 0.3 is 0 Å². The first-order chi connectivity index (χ1) is 11.5. The van der Waals surface area contributed by atoms with Gasteiger partial charge in [-0.25, -0.2) is 4.98 Å². The third-order valence-corrected chi connectivity index (χ3v) is 3.99. The second-order valence-corrected chi connectivity index (χ2v) is 6.64. The first kappa shape index (κ1) is 21.4. The fourth-order valence-corrected chi connectivity index (χ4v) is 2.67. The van der Waals surface area contributed by atoms with Crippen LogP contribution in [0, 0.1) is 13.0 Å². The van der Waals surface area contributed by atoms with Crippen LogP contribution in [0.2, 0.25) is 0 Å². The molecule has 1 radical (unpaired) electrons. The van der Waals surface area contributed by atoms with Crippen molar-refractivity contribution in [3.63, 3.8) is 0 Å². The minimum Gasteiger partial charge on any atom is -0.306 e. The van der Waals surface area contributed by atoms with E-state index in [4.69, 9.17) is 0 Å². The van der Waals surface area contributed by atoms with Gasteiger partial charge in [0.1, 0.15) is 0 Å². The molecule has 3 heteroatoms. The van der Waals surface area contributed by atoms with Crippen LogP contribution in [0.25, 0.3) is 5.69 Å². The van der Waals surface area contributed by atoms with Crippen LogP contribution in [0.4, 0.5) is 0 Å². The molecule has 0 spiro atoms. The van der Waals surface area contributed by atoms with E-state index in [1.165, 1.54) is 22.4 Å². The summed E-state index contributed by atoms with van der Waals surface area (Å²) in [5, 5.41) is 0. The van der Waals surface area contributed by atoms with Gasteiger partial charge in [0, 0.05) is 34.8 Å². The number of rotatable bonds is 3. The molecule has 0 fully saturated rings. The molecule has 0 aliphatic rings. The first-order valence-electron chi connectivity index (χ1n) is 8.54. The molecule has 1 aromatic heterocycles. The molecule has 0 aliphatic carbocycles. The quantitative estimate of drug-likeness (QED) is 0.274. The average Bonchev–Trinajstić information content (AvgIpc) is 3.09. The van der Waals surface area contributed by atoms with Gasteiger partial charge in [0.05, 0.1) is 12.0 Å². The summed E-state index contributed by atoms with van der Waals surface area (Å²) in [4.78, 5) is 4.16. The van der Waals surface area contributed by atoms with Crippen LogP contribution in [0.15, 0.2) is 61.2 Å². The molecule has 0 N–H and O–H groups in total. The third-order valence-electron chi connectivity index (χ3n) is 3.99. The van der Waals surface area contributed by atoms with Gasteiger partial charge in [0.25, 0.3) is 0 Å². The average molecular weight is 516 g/mol. The van der Waals surface area contributed by atoms with Crippen molar-refractivity contribution in [2.75, 3.05) is 0 Å². The van der Waals surface area contributed by atoms with Crippen molar-refractivity contribution in [3.8, 4) is 5.69 Å². The SMILES string of the molecule is CC(C)c1cccc(C(C)C)c1-[n+]1cc[n-]c1.Cc1cc[c-]cc1.[Au]. The number of imidazole rings is 1. The summed E-state index contributed by atoms with van der Waals surface area (Å²) in [5.41, 5.74) is 5.36. The molecule has 0 atom stereocenters. The van der Waals surface area contributed by atoms with Crippen molar-refractivity contribution in [1.82, 2.24) is 4.98 Å². The van der Waals surface area contributed by atoms with E-state index in [0.717, 1.165) is 0 Å². The van der Waals surface area contributed by atoms with E-state index in [1.807, 2.05) is 43.0 Å². The molecule has 0 unspecified atom stereocenters. The molecular weight excluding hydrogens is 489 g/mol. The molecule has 3 rings (SSSR count). The number of hydrogen-bond acceptors (Lipinski definition) is 0. The predicted octanol–water partition coefficient (Wildman–Crippen LogP) is 4.96. The van der Waals surface area contributed by atoms with Crippen molar-refractivity contribution in [2.24, 2.45) is 0 Å². The van der Waals surface area contributed by atoms with Crippen LogP contribution < -0.4 is 9.55 Å². The number of para-hydroxylation sites is 1. The summed E-state index contributed by atoms with van der Waals surface area (Å²) in [6.45, 7) is 11.0. The molecular formula is C22H27AuN2-. The Morgan fingerprint density at radius 1 is 0.920 bits per heavy atom. The summed E-state index contributed by atoms with van der Waals surface area (Å²) < 4.78 is 2.13. The standard InChI is InChI=1S/C15H20N2.C7H7.Au/c1-11(2)13-6-5-7-14(12(3)4)15(13)17-9-8-16-10-17;1-7-5-3-2-4-6-7;/h5-12H,1-4H3;3-6H,1H3;/q;-1;. The number of nitrogens with zero attached hydrogens (tertiary/aromatic N) is 2. The molecule has 0 amide bonds. The molecule has 1 heterocycles. The van der Waals surface area contributed by atoms with E-state index in [0.29, 0.717) is 11.8 Å². The fraction of sp³-hybridized carbons (Fsp3) is 0.318. The fourth-order valence-electron chi connectivity index (χ4n) is 2.67. The van der Waals surface area contributed by atoms with Gasteiger partial charge in [-0.3, -0.25) is 0 Å². The van der Waals surface area contributed by atoms with Crippen LogP contribution in [0.5, 0.6) is 0 Å². The Balaban J connectivity index is 0.000000330. The second-order valence-electron chi connectivity index (χ2n) is 6.64. The van der Waals surface area contributed by atoms with Gasteiger partial charge < -0.3 is 4.57 Å². The Hall–Kier alpha value is -1.61. The Morgan fingerprint density at radius 2 is 1.48 bits per heavy atom. The molecule has 137 valence electrons. The van der Waals surface area contributed by atoms with E-state index in [1.54, 1.807) is 0 Å². The largest absolute Gasteiger partial charge is 0.306 e. The maximum absolute atomic E-state index is 4.16. The zero-order valence-electron chi connectivity index (χ0n) is 15.6. The molecule has 2 aromatic carbocycles. The molecule has 0 saturated carbocycles. The summed E-state index contributed by atoms with van der Waals surface area (Å²) in [6.07, 6.45) is 5.74. The van der Waals surface area contributed by atoms with Crippen molar-refractivity contribution < 1.29 is 26.9 Å². The van der Waals surface area contributed by atoms with Gasteiger partial charge in [-0.05, 0) is 23.0 Å². The van der Waals surface area contributed by atoms with Crippen molar-refractivity contribution in [3.05, 3.63) is 83.9 Å². The molecule has 3 aromatic rings. The zero-order valence-corrected chi connectivity index (χ0v) is 17.8. The number of hydrogen-bond donors (Lipinski definition) is 0. The summed E-state index contributed by atoms with van der Waals surface area (Å²) in [7, 11) is 0. The minimum atomic E-state index is 0. The van der Waals surface area contributed by atoms with E-state index >= 15 is 0 Å². The van der Waals surface area contributed by atoms with Gasteiger partial charge in [-0.1, -0.05) is 52.8 Å². The number of aromatic nitrogens is 2. The monoisotopic (exact) mass is 516 g/mol. The Bertz CT molecular complexity index is 706. The summed E-state index contributed by atoms with van der Waals surface area (Å²) >= 11 is 0. The summed E-state index contributed by atoms with van der Waals surface area (Å²) in [6, 6.07) is 17.4. The first-order valence-corrected chi connectivity index (χ1v) is 8.54. The Labute approximate surface area is 167 Å². The van der Waals surface area contributed by atoms with Crippen LogP contribution >= 0.6 is 0 Å². The van der Waals surface area contributed by atoms with Crippen LogP contribution in [0.1, 0.15) is 56.2 Å². The maximum atomic E-state index is 4.16. The normalized spacial score (nSPS) is 10.2. The van der Waals surface area contributed by atoms with E-state index in [2.05, 4.69) is 68.4 Å². The van der Waals surface area contributed by atoms with Crippen LogP contribution in [0.3, 0.4) is 0 Å². The Kier molecular flexibility index (Phi) is 8.91. The van der Waals surface area contributed by atoms with Crippen molar-refractivity contribution in [2.45, 2.75) is 46.5 Å². The second kappa shape index (κ2) is 10.4. The van der Waals surface area contributed by atoms with Crippen molar-refractivity contribution >= 4 is 0 Å². The van der Waals surface area contributed by atoms with E-state index in [-0.39, 0.29) is 22.4 Å².